The van der Waals surface area contributed by atoms with Crippen LogP contribution >= 0.6 is 15.9 Å². The van der Waals surface area contributed by atoms with Crippen LogP contribution in [0.2, 0.25) is 0 Å². The molecule has 1 aromatic carbocycles. The molecule has 0 radical (unpaired) electrons. The van der Waals surface area contributed by atoms with Crippen LogP contribution < -0.4 is 0 Å². The van der Waals surface area contributed by atoms with Gasteiger partial charge in [-0.05, 0) is 35.3 Å². The van der Waals surface area contributed by atoms with Crippen molar-refractivity contribution in [2.75, 3.05) is 6.54 Å². The van der Waals surface area contributed by atoms with Gasteiger partial charge in [0.1, 0.15) is 6.54 Å². The van der Waals surface area contributed by atoms with E-state index >= 15 is 0 Å². The Labute approximate surface area is 129 Å². The summed E-state index contributed by atoms with van der Waals surface area (Å²) in [5.74, 6) is -1.69. The summed E-state index contributed by atoms with van der Waals surface area (Å²) < 4.78 is 0.386. The molecule has 1 amide bonds. The van der Waals surface area contributed by atoms with E-state index in [2.05, 4.69) is 15.9 Å². The van der Waals surface area contributed by atoms with Gasteiger partial charge in [-0.3, -0.25) is 19.7 Å². The number of halogens is 1. The molecule has 0 heterocycles. The number of carboxylic acid groups (broad SMARTS) is 1. The van der Waals surface area contributed by atoms with Gasteiger partial charge in [-0.25, -0.2) is 0 Å². The van der Waals surface area contributed by atoms with E-state index in [0.717, 1.165) is 6.07 Å². The monoisotopic (exact) mass is 358 g/mol. The minimum absolute atomic E-state index is 0.0748. The van der Waals surface area contributed by atoms with E-state index in [1.165, 1.54) is 17.0 Å². The number of carboxylic acids is 1. The first-order chi connectivity index (χ1) is 9.77. The molecule has 0 saturated carbocycles. The number of hydrogen-bond donors (Lipinski definition) is 1. The molecule has 1 rings (SSSR count). The van der Waals surface area contributed by atoms with Crippen molar-refractivity contribution in [3.05, 3.63) is 38.3 Å². The van der Waals surface area contributed by atoms with Crippen molar-refractivity contribution in [1.82, 2.24) is 4.90 Å². The van der Waals surface area contributed by atoms with E-state index in [1.54, 1.807) is 6.92 Å². The zero-order valence-corrected chi connectivity index (χ0v) is 13.2. The Kier molecular flexibility index (Phi) is 5.83. The van der Waals surface area contributed by atoms with Gasteiger partial charge in [0.15, 0.2) is 0 Å². The molecule has 7 nitrogen and oxygen atoms in total. The van der Waals surface area contributed by atoms with Crippen molar-refractivity contribution in [3.63, 3.8) is 0 Å². The number of nitro benzene ring substituents is 1. The second-order valence-electron chi connectivity index (χ2n) is 4.51. The maximum Gasteiger partial charge on any atom is 0.323 e. The normalized spacial score (nSPS) is 11.8. The first kappa shape index (κ1) is 17.1. The van der Waals surface area contributed by atoms with Crippen LogP contribution in [0.5, 0.6) is 0 Å². The maximum absolute atomic E-state index is 12.5. The van der Waals surface area contributed by atoms with E-state index in [1.807, 2.05) is 6.92 Å². The number of nitro groups is 1. The summed E-state index contributed by atoms with van der Waals surface area (Å²) in [6, 6.07) is 3.52. The molecule has 1 atom stereocenters. The third-order valence-corrected chi connectivity index (χ3v) is 3.77. The number of carbonyl (C=O) groups excluding carboxylic acids is 1. The van der Waals surface area contributed by atoms with Gasteiger partial charge in [0.2, 0.25) is 0 Å². The Morgan fingerprint density at radius 2 is 2.10 bits per heavy atom. The minimum atomic E-state index is -1.13. The highest BCUT2D eigenvalue weighted by atomic mass is 79.9. The summed E-state index contributed by atoms with van der Waals surface area (Å²) in [7, 11) is 0. The van der Waals surface area contributed by atoms with Crippen LogP contribution in [0.25, 0.3) is 0 Å². The number of carbonyl (C=O) groups is 2. The van der Waals surface area contributed by atoms with Crippen LogP contribution in [0.3, 0.4) is 0 Å². The summed E-state index contributed by atoms with van der Waals surface area (Å²) in [4.78, 5) is 34.8. The lowest BCUT2D eigenvalue weighted by Crippen LogP contribution is -2.42. The van der Waals surface area contributed by atoms with Crippen molar-refractivity contribution >= 4 is 33.5 Å². The molecule has 0 aliphatic heterocycles. The lowest BCUT2D eigenvalue weighted by atomic mass is 10.1. The number of benzene rings is 1. The zero-order chi connectivity index (χ0) is 16.2. The van der Waals surface area contributed by atoms with E-state index in [4.69, 9.17) is 5.11 Å². The molecule has 0 aromatic heterocycles. The molecule has 1 unspecified atom stereocenters. The SMILES string of the molecule is CCC(C)N(CC(=O)O)C(=O)c1cc([N+](=O)[O-])ccc1Br. The predicted molar refractivity (Wildman–Crippen MR) is 79.2 cm³/mol. The van der Waals surface area contributed by atoms with Crippen LogP contribution in [0.1, 0.15) is 30.6 Å². The molecule has 0 saturated heterocycles. The predicted octanol–water partition coefficient (Wildman–Crippen LogP) is 2.68. The van der Waals surface area contributed by atoms with Gasteiger partial charge in [-0.15, -0.1) is 0 Å². The van der Waals surface area contributed by atoms with E-state index < -0.39 is 23.3 Å². The first-order valence-corrected chi connectivity index (χ1v) is 7.03. The average molecular weight is 359 g/mol. The number of nitrogens with zero attached hydrogens (tertiary/aromatic N) is 2. The molecule has 0 aliphatic carbocycles. The highest BCUT2D eigenvalue weighted by molar-refractivity contribution is 9.10. The highest BCUT2D eigenvalue weighted by Gasteiger charge is 2.25. The van der Waals surface area contributed by atoms with Crippen LogP contribution in [0, 0.1) is 10.1 Å². The fourth-order valence-corrected chi connectivity index (χ4v) is 2.16. The van der Waals surface area contributed by atoms with Crippen molar-refractivity contribution in [1.29, 1.82) is 0 Å². The topological polar surface area (TPSA) is 101 Å². The van der Waals surface area contributed by atoms with Gasteiger partial charge in [0.05, 0.1) is 10.5 Å². The van der Waals surface area contributed by atoms with Gasteiger partial charge in [0.25, 0.3) is 11.6 Å². The molecule has 8 heteroatoms. The minimum Gasteiger partial charge on any atom is -0.480 e. The van der Waals surface area contributed by atoms with Crippen LogP contribution in [0.15, 0.2) is 22.7 Å². The number of hydrogen-bond acceptors (Lipinski definition) is 4. The molecule has 0 bridgehead atoms. The second-order valence-corrected chi connectivity index (χ2v) is 5.36. The molecule has 0 aliphatic rings. The first-order valence-electron chi connectivity index (χ1n) is 6.24. The number of non-ortho nitro benzene ring substituents is 1. The Hall–Kier alpha value is -1.96. The fraction of sp³-hybridized carbons (Fsp3) is 0.385. The van der Waals surface area contributed by atoms with Gasteiger partial charge in [-0.1, -0.05) is 6.92 Å². The molecule has 21 heavy (non-hydrogen) atoms. The van der Waals surface area contributed by atoms with Gasteiger partial charge >= 0.3 is 5.97 Å². The molecular weight excluding hydrogens is 344 g/mol. The van der Waals surface area contributed by atoms with E-state index in [0.29, 0.717) is 10.9 Å². The van der Waals surface area contributed by atoms with Crippen molar-refractivity contribution in [2.45, 2.75) is 26.3 Å². The van der Waals surface area contributed by atoms with Gasteiger partial charge in [0, 0.05) is 22.6 Å². The maximum atomic E-state index is 12.5. The van der Waals surface area contributed by atoms with Crippen molar-refractivity contribution in [2.24, 2.45) is 0 Å². The Morgan fingerprint density at radius 3 is 2.57 bits per heavy atom. The van der Waals surface area contributed by atoms with Crippen LogP contribution in [-0.2, 0) is 4.79 Å². The lowest BCUT2D eigenvalue weighted by molar-refractivity contribution is -0.384. The third kappa shape index (κ3) is 4.25. The Morgan fingerprint density at radius 1 is 1.48 bits per heavy atom. The molecular formula is C13H15BrN2O5. The Bertz CT molecular complexity index is 576. The summed E-state index contributed by atoms with van der Waals surface area (Å²) in [5, 5.41) is 19.7. The fourth-order valence-electron chi connectivity index (χ4n) is 1.74. The van der Waals surface area contributed by atoms with Crippen molar-refractivity contribution < 1.29 is 19.6 Å². The molecule has 1 aromatic rings. The quantitative estimate of drug-likeness (QED) is 0.622. The molecule has 114 valence electrons. The number of rotatable bonds is 6. The van der Waals surface area contributed by atoms with Crippen molar-refractivity contribution in [3.8, 4) is 0 Å². The smallest absolute Gasteiger partial charge is 0.323 e. The lowest BCUT2D eigenvalue weighted by Gasteiger charge is -2.27. The van der Waals surface area contributed by atoms with E-state index in [9.17, 15) is 19.7 Å². The third-order valence-electron chi connectivity index (χ3n) is 3.08. The van der Waals surface area contributed by atoms with Crippen LogP contribution in [-0.4, -0.2) is 39.4 Å². The number of aliphatic carboxylic acids is 1. The second kappa shape index (κ2) is 7.16. The highest BCUT2D eigenvalue weighted by Crippen LogP contribution is 2.24. The summed E-state index contributed by atoms with van der Waals surface area (Å²) in [6.45, 7) is 3.10. The van der Waals surface area contributed by atoms with Gasteiger partial charge in [-0.2, -0.15) is 0 Å². The van der Waals surface area contributed by atoms with E-state index in [-0.39, 0.29) is 17.3 Å². The van der Waals surface area contributed by atoms with Crippen LogP contribution in [0.4, 0.5) is 5.69 Å². The molecule has 0 fully saturated rings. The summed E-state index contributed by atoms with van der Waals surface area (Å²) in [6.07, 6.45) is 0.575. The molecule has 0 spiro atoms. The molecule has 1 N–H and O–H groups in total. The van der Waals surface area contributed by atoms with Gasteiger partial charge < -0.3 is 10.0 Å². The zero-order valence-electron chi connectivity index (χ0n) is 11.6. The number of amides is 1. The summed E-state index contributed by atoms with van der Waals surface area (Å²) >= 11 is 3.17. The Balaban J connectivity index is 3.22. The largest absolute Gasteiger partial charge is 0.480 e. The summed E-state index contributed by atoms with van der Waals surface area (Å²) in [5.41, 5.74) is -0.147. The standard InChI is InChI=1S/C13H15BrN2O5/c1-3-8(2)15(7-12(17)18)13(19)10-6-9(16(20)21)4-5-11(10)14/h4-6,8H,3,7H2,1-2H3,(H,17,18). The average Bonchev–Trinajstić information content (AvgIpc) is 2.43.